The van der Waals surface area contributed by atoms with E-state index in [1.54, 1.807) is 0 Å². The van der Waals surface area contributed by atoms with Crippen molar-refractivity contribution in [3.05, 3.63) is 51.2 Å². The van der Waals surface area contributed by atoms with Crippen molar-refractivity contribution in [3.8, 4) is 16.9 Å². The van der Waals surface area contributed by atoms with Crippen LogP contribution >= 0.6 is 34.8 Å². The van der Waals surface area contributed by atoms with E-state index in [-0.39, 0.29) is 26.2 Å². The van der Waals surface area contributed by atoms with E-state index in [0.29, 0.717) is 0 Å². The van der Waals surface area contributed by atoms with Crippen molar-refractivity contribution in [2.24, 2.45) is 0 Å². The zero-order valence-corrected chi connectivity index (χ0v) is 11.9. The highest BCUT2D eigenvalue weighted by atomic mass is 35.5. The number of hydrogen-bond acceptors (Lipinski definition) is 1. The van der Waals surface area contributed by atoms with Gasteiger partial charge in [-0.25, -0.2) is 4.39 Å². The Morgan fingerprint density at radius 1 is 0.900 bits per heavy atom. The number of halogens is 6. The van der Waals surface area contributed by atoms with Crippen LogP contribution in [0.3, 0.4) is 0 Å². The van der Waals surface area contributed by atoms with Gasteiger partial charge in [-0.1, -0.05) is 53.0 Å². The number of ether oxygens (including phenoxy) is 1. The molecule has 0 spiro atoms. The maximum atomic E-state index is 14.1. The average molecular weight is 342 g/mol. The molecular weight excluding hydrogens is 335 g/mol. The van der Waals surface area contributed by atoms with E-state index in [1.165, 1.54) is 24.3 Å². The zero-order valence-electron chi connectivity index (χ0n) is 9.64. The van der Waals surface area contributed by atoms with E-state index in [1.807, 2.05) is 0 Å². The van der Waals surface area contributed by atoms with Crippen molar-refractivity contribution in [3.63, 3.8) is 0 Å². The largest absolute Gasteiger partial charge is 0.432 e. The Hall–Kier alpha value is -1.10. The smallest absolute Gasteiger partial charge is 0.387 e. The van der Waals surface area contributed by atoms with E-state index in [2.05, 4.69) is 4.74 Å². The summed E-state index contributed by atoms with van der Waals surface area (Å²) < 4.78 is 42.6. The molecule has 0 unspecified atom stereocenters. The van der Waals surface area contributed by atoms with E-state index in [9.17, 15) is 13.2 Å². The van der Waals surface area contributed by atoms with Crippen LogP contribution in [0.15, 0.2) is 30.3 Å². The van der Waals surface area contributed by atoms with Crippen LogP contribution in [0.2, 0.25) is 15.1 Å². The molecule has 0 saturated heterocycles. The molecule has 2 aromatic rings. The molecule has 0 aliphatic rings. The van der Waals surface area contributed by atoms with Crippen LogP contribution in [0.1, 0.15) is 0 Å². The molecule has 0 aliphatic heterocycles. The number of alkyl halides is 2. The van der Waals surface area contributed by atoms with Gasteiger partial charge in [0.2, 0.25) is 0 Å². The van der Waals surface area contributed by atoms with E-state index < -0.39 is 18.2 Å². The Morgan fingerprint density at radius 2 is 1.60 bits per heavy atom. The predicted molar refractivity (Wildman–Crippen MR) is 73.5 cm³/mol. The lowest BCUT2D eigenvalue weighted by Crippen LogP contribution is -2.04. The van der Waals surface area contributed by atoms with Gasteiger partial charge in [0.1, 0.15) is 0 Å². The molecule has 0 bridgehead atoms. The first-order chi connectivity index (χ1) is 9.41. The molecule has 7 heteroatoms. The van der Waals surface area contributed by atoms with E-state index in [4.69, 9.17) is 34.8 Å². The molecule has 106 valence electrons. The summed E-state index contributed by atoms with van der Waals surface area (Å²) in [6.07, 6.45) is 0. The Bertz CT molecular complexity index is 647. The topological polar surface area (TPSA) is 9.23 Å². The SMILES string of the molecule is Fc1c(OC(F)F)cccc1-c1ccc(Cl)c(Cl)c1Cl. The third kappa shape index (κ3) is 2.97. The minimum atomic E-state index is -3.12. The second-order valence-corrected chi connectivity index (χ2v) is 4.88. The second-order valence-electron chi connectivity index (χ2n) is 3.72. The Morgan fingerprint density at radius 3 is 2.25 bits per heavy atom. The molecule has 0 heterocycles. The van der Waals surface area contributed by atoms with Crippen molar-refractivity contribution >= 4 is 34.8 Å². The summed E-state index contributed by atoms with van der Waals surface area (Å²) in [6, 6.07) is 6.72. The van der Waals surface area contributed by atoms with E-state index in [0.717, 1.165) is 6.07 Å². The van der Waals surface area contributed by atoms with Crippen LogP contribution in [-0.4, -0.2) is 6.61 Å². The standard InChI is InChI=1S/C13H6Cl3F3O/c14-8-5-4-6(10(15)11(8)16)7-2-1-3-9(12(7)17)20-13(18)19/h1-5,13H. The molecule has 0 saturated carbocycles. The fourth-order valence-corrected chi connectivity index (χ4v) is 2.28. The van der Waals surface area contributed by atoms with Crippen molar-refractivity contribution in [2.45, 2.75) is 6.61 Å². The maximum Gasteiger partial charge on any atom is 0.387 e. The zero-order chi connectivity index (χ0) is 14.9. The molecule has 0 amide bonds. The molecule has 2 rings (SSSR count). The van der Waals surface area contributed by atoms with Crippen LogP contribution in [0.5, 0.6) is 5.75 Å². The lowest BCUT2D eigenvalue weighted by Gasteiger charge is -2.11. The van der Waals surface area contributed by atoms with Crippen LogP contribution in [0, 0.1) is 5.82 Å². The summed E-state index contributed by atoms with van der Waals surface area (Å²) in [5, 5.41) is 0.304. The average Bonchev–Trinajstić information content (AvgIpc) is 2.39. The molecule has 0 atom stereocenters. The Kier molecular flexibility index (Phi) is 4.68. The summed E-state index contributed by atoms with van der Waals surface area (Å²) in [7, 11) is 0. The summed E-state index contributed by atoms with van der Waals surface area (Å²) in [4.78, 5) is 0. The summed E-state index contributed by atoms with van der Waals surface area (Å²) >= 11 is 17.6. The van der Waals surface area contributed by atoms with Crippen LogP contribution in [0.4, 0.5) is 13.2 Å². The number of rotatable bonds is 3. The van der Waals surface area contributed by atoms with Crippen molar-refractivity contribution in [1.82, 2.24) is 0 Å². The van der Waals surface area contributed by atoms with Gasteiger partial charge in [-0.15, -0.1) is 0 Å². The van der Waals surface area contributed by atoms with Crippen molar-refractivity contribution < 1.29 is 17.9 Å². The summed E-state index contributed by atoms with van der Waals surface area (Å²) in [5.74, 6) is -1.52. The first-order valence-electron chi connectivity index (χ1n) is 5.29. The summed E-state index contributed by atoms with van der Waals surface area (Å²) in [6.45, 7) is -3.12. The van der Waals surface area contributed by atoms with Crippen molar-refractivity contribution in [1.29, 1.82) is 0 Å². The highest BCUT2D eigenvalue weighted by Crippen LogP contribution is 2.40. The van der Waals surface area contributed by atoms with Crippen LogP contribution in [0.25, 0.3) is 11.1 Å². The third-order valence-electron chi connectivity index (χ3n) is 2.50. The monoisotopic (exact) mass is 340 g/mol. The van der Waals surface area contributed by atoms with Gasteiger partial charge >= 0.3 is 6.61 Å². The fourth-order valence-electron chi connectivity index (χ4n) is 1.64. The molecule has 0 aromatic heterocycles. The molecule has 20 heavy (non-hydrogen) atoms. The fraction of sp³-hybridized carbons (Fsp3) is 0.0769. The van der Waals surface area contributed by atoms with Gasteiger partial charge in [0.15, 0.2) is 11.6 Å². The molecule has 2 aromatic carbocycles. The van der Waals surface area contributed by atoms with Crippen LogP contribution in [-0.2, 0) is 0 Å². The molecule has 0 fully saturated rings. The number of benzene rings is 2. The third-order valence-corrected chi connectivity index (χ3v) is 3.80. The quantitative estimate of drug-likeness (QED) is 0.617. The van der Waals surface area contributed by atoms with Gasteiger partial charge < -0.3 is 4.74 Å². The second kappa shape index (κ2) is 6.12. The highest BCUT2D eigenvalue weighted by molar-refractivity contribution is 6.49. The maximum absolute atomic E-state index is 14.1. The Labute approximate surface area is 127 Å². The lowest BCUT2D eigenvalue weighted by molar-refractivity contribution is -0.0521. The van der Waals surface area contributed by atoms with Gasteiger partial charge in [-0.05, 0) is 12.1 Å². The minimum Gasteiger partial charge on any atom is -0.432 e. The van der Waals surface area contributed by atoms with E-state index >= 15 is 0 Å². The highest BCUT2D eigenvalue weighted by Gasteiger charge is 2.18. The first-order valence-corrected chi connectivity index (χ1v) is 6.42. The summed E-state index contributed by atoms with van der Waals surface area (Å²) in [5.41, 5.74) is 0.227. The molecular formula is C13H6Cl3F3O. The normalized spacial score (nSPS) is 10.9. The van der Waals surface area contributed by atoms with Crippen LogP contribution < -0.4 is 4.74 Å². The molecule has 0 N–H and O–H groups in total. The van der Waals surface area contributed by atoms with Gasteiger partial charge in [-0.2, -0.15) is 8.78 Å². The van der Waals surface area contributed by atoms with Gasteiger partial charge in [0, 0.05) is 11.1 Å². The van der Waals surface area contributed by atoms with Crippen molar-refractivity contribution in [2.75, 3.05) is 0 Å². The Balaban J connectivity index is 2.56. The minimum absolute atomic E-state index is 0.00767. The van der Waals surface area contributed by atoms with Gasteiger partial charge in [0.05, 0.1) is 15.1 Å². The lowest BCUT2D eigenvalue weighted by atomic mass is 10.0. The predicted octanol–water partition coefficient (Wildman–Crippen LogP) is 6.05. The molecule has 0 aliphatic carbocycles. The van der Waals surface area contributed by atoms with Gasteiger partial charge in [-0.3, -0.25) is 0 Å². The molecule has 1 nitrogen and oxygen atoms in total. The number of hydrogen-bond donors (Lipinski definition) is 0. The molecule has 0 radical (unpaired) electrons. The van der Waals surface area contributed by atoms with Gasteiger partial charge in [0.25, 0.3) is 0 Å². The first kappa shape index (κ1) is 15.3.